The number of benzene rings is 1. The first-order chi connectivity index (χ1) is 8.25. The van der Waals surface area contributed by atoms with Crippen molar-refractivity contribution >= 4 is 51.1 Å². The van der Waals surface area contributed by atoms with Crippen LogP contribution in [0.3, 0.4) is 0 Å². The fraction of sp³-hybridized carbons (Fsp3) is 0.500. The standard InChI is InChI=1S/C12H15BrClNS2/c13-11-5-9(1-2-12(11)14)6-15-7-10-8-16-3-4-17-10/h1-2,5,10,15H,3-4,6-8H2. The van der Waals surface area contributed by atoms with Gasteiger partial charge in [-0.05, 0) is 33.6 Å². The van der Waals surface area contributed by atoms with Gasteiger partial charge in [0.15, 0.2) is 0 Å². The molecule has 0 radical (unpaired) electrons. The van der Waals surface area contributed by atoms with Crippen molar-refractivity contribution < 1.29 is 0 Å². The molecule has 1 heterocycles. The Kier molecular flexibility index (Phi) is 6.03. The number of hydrogen-bond donors (Lipinski definition) is 1. The van der Waals surface area contributed by atoms with E-state index in [1.54, 1.807) is 0 Å². The molecular weight excluding hydrogens is 338 g/mol. The Hall–Kier alpha value is 0.650. The molecule has 1 aliphatic heterocycles. The lowest BCUT2D eigenvalue weighted by Crippen LogP contribution is -2.28. The Morgan fingerprint density at radius 3 is 3.00 bits per heavy atom. The average molecular weight is 353 g/mol. The first-order valence-electron chi connectivity index (χ1n) is 5.59. The summed E-state index contributed by atoms with van der Waals surface area (Å²) in [5.41, 5.74) is 1.27. The van der Waals surface area contributed by atoms with Gasteiger partial charge in [-0.25, -0.2) is 0 Å². The van der Waals surface area contributed by atoms with E-state index in [0.717, 1.165) is 27.8 Å². The highest BCUT2D eigenvalue weighted by Gasteiger charge is 2.13. The lowest BCUT2D eigenvalue weighted by atomic mass is 10.2. The highest BCUT2D eigenvalue weighted by molar-refractivity contribution is 9.10. The van der Waals surface area contributed by atoms with Gasteiger partial charge in [-0.3, -0.25) is 0 Å². The van der Waals surface area contributed by atoms with Gasteiger partial charge in [0.05, 0.1) is 5.02 Å². The summed E-state index contributed by atoms with van der Waals surface area (Å²) in [7, 11) is 0. The van der Waals surface area contributed by atoms with Gasteiger partial charge in [-0.1, -0.05) is 17.7 Å². The van der Waals surface area contributed by atoms with Gasteiger partial charge in [0, 0.05) is 40.1 Å². The molecule has 17 heavy (non-hydrogen) atoms. The second-order valence-corrected chi connectivity index (χ2v) is 7.77. The molecule has 0 bridgehead atoms. The van der Waals surface area contributed by atoms with Crippen molar-refractivity contribution in [2.24, 2.45) is 0 Å². The van der Waals surface area contributed by atoms with Crippen LogP contribution < -0.4 is 5.32 Å². The van der Waals surface area contributed by atoms with E-state index in [2.05, 4.69) is 56.9 Å². The van der Waals surface area contributed by atoms with Gasteiger partial charge in [0.2, 0.25) is 0 Å². The van der Waals surface area contributed by atoms with E-state index >= 15 is 0 Å². The zero-order valence-electron chi connectivity index (χ0n) is 9.42. The molecule has 0 aliphatic carbocycles. The Morgan fingerprint density at radius 2 is 2.29 bits per heavy atom. The summed E-state index contributed by atoms with van der Waals surface area (Å²) in [6.45, 7) is 2.01. The monoisotopic (exact) mass is 351 g/mol. The number of nitrogens with one attached hydrogen (secondary N) is 1. The minimum atomic E-state index is 0.768. The van der Waals surface area contributed by atoms with Crippen LogP contribution in [0.15, 0.2) is 22.7 Å². The molecule has 1 fully saturated rings. The van der Waals surface area contributed by atoms with Gasteiger partial charge in [-0.15, -0.1) is 0 Å². The van der Waals surface area contributed by atoms with Crippen molar-refractivity contribution in [1.29, 1.82) is 0 Å². The van der Waals surface area contributed by atoms with Crippen molar-refractivity contribution in [3.05, 3.63) is 33.3 Å². The normalized spacial score (nSPS) is 20.5. The highest BCUT2D eigenvalue weighted by Crippen LogP contribution is 2.24. The SMILES string of the molecule is Clc1ccc(CNCC2CSCCS2)cc1Br. The van der Waals surface area contributed by atoms with Gasteiger partial charge < -0.3 is 5.32 Å². The first-order valence-corrected chi connectivity index (χ1v) is 8.97. The molecule has 0 aromatic heterocycles. The van der Waals surface area contributed by atoms with E-state index in [0.29, 0.717) is 0 Å². The van der Waals surface area contributed by atoms with Crippen molar-refractivity contribution in [3.63, 3.8) is 0 Å². The van der Waals surface area contributed by atoms with Crippen LogP contribution in [0.25, 0.3) is 0 Å². The van der Waals surface area contributed by atoms with Crippen LogP contribution in [0.5, 0.6) is 0 Å². The molecule has 1 nitrogen and oxygen atoms in total. The minimum absolute atomic E-state index is 0.768. The van der Waals surface area contributed by atoms with Crippen LogP contribution >= 0.6 is 51.1 Å². The predicted octanol–water partition coefficient (Wildman–Crippen LogP) is 4.04. The van der Waals surface area contributed by atoms with E-state index < -0.39 is 0 Å². The summed E-state index contributed by atoms with van der Waals surface area (Å²) in [5.74, 6) is 3.89. The van der Waals surface area contributed by atoms with Gasteiger partial charge in [-0.2, -0.15) is 23.5 Å². The third kappa shape index (κ3) is 4.67. The molecule has 0 saturated carbocycles. The topological polar surface area (TPSA) is 12.0 Å². The molecule has 94 valence electrons. The molecule has 1 N–H and O–H groups in total. The molecule has 1 aromatic carbocycles. The molecule has 1 atom stereocenters. The summed E-state index contributed by atoms with van der Waals surface area (Å²) in [6.07, 6.45) is 0. The van der Waals surface area contributed by atoms with Crippen molar-refractivity contribution in [1.82, 2.24) is 5.32 Å². The second kappa shape index (κ2) is 7.29. The smallest absolute Gasteiger partial charge is 0.0548 e. The van der Waals surface area contributed by atoms with Crippen molar-refractivity contribution in [2.45, 2.75) is 11.8 Å². The van der Waals surface area contributed by atoms with Crippen molar-refractivity contribution in [2.75, 3.05) is 23.8 Å². The Bertz CT molecular complexity index is 370. The quantitative estimate of drug-likeness (QED) is 0.878. The molecule has 2 rings (SSSR count). The van der Waals surface area contributed by atoms with Crippen LogP contribution in [-0.2, 0) is 6.54 Å². The molecule has 1 aliphatic rings. The van der Waals surface area contributed by atoms with Gasteiger partial charge in [0.25, 0.3) is 0 Å². The van der Waals surface area contributed by atoms with Crippen LogP contribution in [0, 0.1) is 0 Å². The third-order valence-electron chi connectivity index (χ3n) is 2.57. The third-order valence-corrected chi connectivity index (χ3v) is 6.63. The van der Waals surface area contributed by atoms with Crippen LogP contribution in [0.4, 0.5) is 0 Å². The summed E-state index contributed by atoms with van der Waals surface area (Å²) in [4.78, 5) is 0. The fourth-order valence-corrected chi connectivity index (χ4v) is 4.87. The maximum Gasteiger partial charge on any atom is 0.0548 e. The van der Waals surface area contributed by atoms with Crippen molar-refractivity contribution in [3.8, 4) is 0 Å². The van der Waals surface area contributed by atoms with Crippen LogP contribution in [-0.4, -0.2) is 29.1 Å². The average Bonchev–Trinajstić information content (AvgIpc) is 2.35. The molecule has 0 amide bonds. The molecule has 5 heteroatoms. The molecular formula is C12H15BrClNS2. The van der Waals surface area contributed by atoms with E-state index in [1.807, 2.05) is 6.07 Å². The van der Waals surface area contributed by atoms with Gasteiger partial charge >= 0.3 is 0 Å². The van der Waals surface area contributed by atoms with E-state index in [4.69, 9.17) is 11.6 Å². The lowest BCUT2D eigenvalue weighted by molar-refractivity contribution is 0.686. The zero-order chi connectivity index (χ0) is 12.1. The lowest BCUT2D eigenvalue weighted by Gasteiger charge is -2.21. The first kappa shape index (κ1) is 14.1. The molecule has 1 aromatic rings. The number of hydrogen-bond acceptors (Lipinski definition) is 3. The second-order valence-electron chi connectivity index (χ2n) is 3.95. The Labute approximate surface area is 125 Å². The largest absolute Gasteiger partial charge is 0.312 e. The maximum absolute atomic E-state index is 5.96. The Balaban J connectivity index is 1.75. The number of rotatable bonds is 4. The molecule has 0 spiro atoms. The highest BCUT2D eigenvalue weighted by atomic mass is 79.9. The van der Waals surface area contributed by atoms with E-state index in [1.165, 1.54) is 22.8 Å². The number of halogens is 2. The number of thioether (sulfide) groups is 2. The van der Waals surface area contributed by atoms with Crippen LogP contribution in [0.2, 0.25) is 5.02 Å². The zero-order valence-corrected chi connectivity index (χ0v) is 13.4. The molecule has 1 unspecified atom stereocenters. The van der Waals surface area contributed by atoms with E-state index in [-0.39, 0.29) is 0 Å². The minimum Gasteiger partial charge on any atom is -0.312 e. The van der Waals surface area contributed by atoms with E-state index in [9.17, 15) is 0 Å². The fourth-order valence-electron chi connectivity index (χ4n) is 1.68. The van der Waals surface area contributed by atoms with Crippen LogP contribution in [0.1, 0.15) is 5.56 Å². The summed E-state index contributed by atoms with van der Waals surface area (Å²) in [5, 5.41) is 5.06. The molecule has 1 saturated heterocycles. The van der Waals surface area contributed by atoms with Gasteiger partial charge in [0.1, 0.15) is 0 Å². The maximum atomic E-state index is 5.96. The summed E-state index contributed by atoms with van der Waals surface area (Å²) in [6, 6.07) is 6.09. The summed E-state index contributed by atoms with van der Waals surface area (Å²) >= 11 is 13.6. The Morgan fingerprint density at radius 1 is 1.41 bits per heavy atom. The summed E-state index contributed by atoms with van der Waals surface area (Å²) < 4.78 is 0.973. The predicted molar refractivity (Wildman–Crippen MR) is 84.4 cm³/mol.